The third-order valence-electron chi connectivity index (χ3n) is 3.79. The van der Waals surface area contributed by atoms with Crippen LogP contribution in [0.4, 0.5) is 11.4 Å². The summed E-state index contributed by atoms with van der Waals surface area (Å²) in [4.78, 5) is 25.7. The zero-order valence-electron chi connectivity index (χ0n) is 14.2. The molecule has 0 unspecified atom stereocenters. The van der Waals surface area contributed by atoms with Crippen molar-refractivity contribution in [2.45, 2.75) is 6.92 Å². The highest BCUT2D eigenvalue weighted by Crippen LogP contribution is 2.34. The molecule has 2 amide bonds. The molecule has 1 heterocycles. The molecule has 1 aliphatic rings. The lowest BCUT2D eigenvalue weighted by Crippen LogP contribution is -2.36. The maximum Gasteiger partial charge on any atom is 0.244 e. The molecule has 2 aromatic carbocycles. The van der Waals surface area contributed by atoms with Gasteiger partial charge >= 0.3 is 0 Å². The van der Waals surface area contributed by atoms with E-state index in [4.69, 9.17) is 25.8 Å². The molecule has 136 valence electrons. The number of carbonyl (C=O) groups excluding carboxylic acids is 2. The summed E-state index contributed by atoms with van der Waals surface area (Å²) in [5, 5.41) is 3.09. The third-order valence-corrected chi connectivity index (χ3v) is 4.08. The van der Waals surface area contributed by atoms with Gasteiger partial charge in [-0.3, -0.25) is 9.59 Å². The van der Waals surface area contributed by atoms with Gasteiger partial charge in [-0.1, -0.05) is 11.6 Å². The van der Waals surface area contributed by atoms with Gasteiger partial charge in [-0.15, -0.1) is 0 Å². The van der Waals surface area contributed by atoms with Crippen molar-refractivity contribution in [1.29, 1.82) is 0 Å². The van der Waals surface area contributed by atoms with Crippen LogP contribution in [0.15, 0.2) is 36.4 Å². The number of nitrogens with zero attached hydrogens (tertiary/aromatic N) is 1. The average Bonchev–Trinajstić information content (AvgIpc) is 3.07. The fourth-order valence-electron chi connectivity index (χ4n) is 2.53. The van der Waals surface area contributed by atoms with Gasteiger partial charge in [0.05, 0.1) is 12.1 Å². The molecular formula is C18H17ClN2O5. The Morgan fingerprint density at radius 3 is 2.65 bits per heavy atom. The number of anilines is 2. The number of hydrogen-bond donors (Lipinski definition) is 1. The van der Waals surface area contributed by atoms with Crippen LogP contribution in [-0.4, -0.2) is 32.3 Å². The van der Waals surface area contributed by atoms with Crippen molar-refractivity contribution in [1.82, 2.24) is 0 Å². The second-order valence-electron chi connectivity index (χ2n) is 5.54. The van der Waals surface area contributed by atoms with Gasteiger partial charge in [0.25, 0.3) is 0 Å². The quantitative estimate of drug-likeness (QED) is 0.867. The first-order valence-corrected chi connectivity index (χ1v) is 8.17. The van der Waals surface area contributed by atoms with Crippen LogP contribution in [0.2, 0.25) is 5.02 Å². The van der Waals surface area contributed by atoms with Crippen LogP contribution in [-0.2, 0) is 9.59 Å². The molecule has 0 spiro atoms. The lowest BCUT2D eigenvalue weighted by atomic mass is 10.2. The van der Waals surface area contributed by atoms with Crippen molar-refractivity contribution < 1.29 is 23.8 Å². The number of nitrogens with one attached hydrogen (secondary N) is 1. The van der Waals surface area contributed by atoms with Crippen molar-refractivity contribution in [3.8, 4) is 17.2 Å². The fourth-order valence-corrected chi connectivity index (χ4v) is 2.78. The molecule has 26 heavy (non-hydrogen) atoms. The largest absolute Gasteiger partial charge is 0.495 e. The molecule has 0 atom stereocenters. The predicted molar refractivity (Wildman–Crippen MR) is 97.2 cm³/mol. The van der Waals surface area contributed by atoms with Crippen molar-refractivity contribution >= 4 is 34.8 Å². The highest BCUT2D eigenvalue weighted by molar-refractivity contribution is 6.32. The maximum atomic E-state index is 12.4. The average molecular weight is 377 g/mol. The summed E-state index contributed by atoms with van der Waals surface area (Å²) in [6.45, 7) is 1.38. The van der Waals surface area contributed by atoms with E-state index in [0.29, 0.717) is 33.6 Å². The van der Waals surface area contributed by atoms with Crippen LogP contribution in [0.25, 0.3) is 0 Å². The summed E-state index contributed by atoms with van der Waals surface area (Å²) in [5.74, 6) is 1.04. The van der Waals surface area contributed by atoms with E-state index >= 15 is 0 Å². The first kappa shape index (κ1) is 17.9. The zero-order chi connectivity index (χ0) is 18.7. The van der Waals surface area contributed by atoms with E-state index in [1.807, 2.05) is 0 Å². The van der Waals surface area contributed by atoms with E-state index in [1.54, 1.807) is 36.4 Å². The number of carbonyl (C=O) groups is 2. The smallest absolute Gasteiger partial charge is 0.244 e. The van der Waals surface area contributed by atoms with Crippen LogP contribution in [0.1, 0.15) is 6.92 Å². The highest BCUT2D eigenvalue weighted by Gasteiger charge is 2.19. The fraction of sp³-hybridized carbons (Fsp3) is 0.222. The van der Waals surface area contributed by atoms with Gasteiger partial charge in [-0.2, -0.15) is 0 Å². The molecule has 1 aliphatic heterocycles. The lowest BCUT2D eigenvalue weighted by Gasteiger charge is -2.21. The number of amides is 2. The second kappa shape index (κ2) is 7.53. The minimum Gasteiger partial charge on any atom is -0.495 e. The standard InChI is InChI=1S/C18H17ClN2O5/c1-11(22)21(13-4-6-15(24-2)14(19)8-13)9-18(23)20-12-3-5-16-17(7-12)26-10-25-16/h3-8H,9-10H2,1-2H3,(H,20,23). The molecule has 0 saturated heterocycles. The van der Waals surface area contributed by atoms with Crippen molar-refractivity contribution in [3.05, 3.63) is 41.4 Å². The number of methoxy groups -OCH3 is 1. The summed E-state index contributed by atoms with van der Waals surface area (Å²) in [7, 11) is 1.50. The number of fused-ring (bicyclic) bond motifs is 1. The molecule has 2 aromatic rings. The van der Waals surface area contributed by atoms with Gasteiger partial charge in [0, 0.05) is 24.4 Å². The number of hydrogen-bond acceptors (Lipinski definition) is 5. The first-order valence-electron chi connectivity index (χ1n) is 7.79. The maximum absolute atomic E-state index is 12.4. The van der Waals surface area contributed by atoms with Crippen molar-refractivity contribution in [2.75, 3.05) is 30.7 Å². The van der Waals surface area contributed by atoms with E-state index < -0.39 is 0 Å². The van der Waals surface area contributed by atoms with Crippen molar-refractivity contribution in [3.63, 3.8) is 0 Å². The molecule has 8 heteroatoms. The summed E-state index contributed by atoms with van der Waals surface area (Å²) in [5.41, 5.74) is 1.06. The molecule has 7 nitrogen and oxygen atoms in total. The Hall–Kier alpha value is -2.93. The monoisotopic (exact) mass is 376 g/mol. The molecule has 0 saturated carbocycles. The summed E-state index contributed by atoms with van der Waals surface area (Å²) in [6.07, 6.45) is 0. The topological polar surface area (TPSA) is 77.1 Å². The van der Waals surface area contributed by atoms with E-state index in [2.05, 4.69) is 5.32 Å². The molecule has 0 fully saturated rings. The van der Waals surface area contributed by atoms with E-state index in [1.165, 1.54) is 18.9 Å². The molecular weight excluding hydrogens is 360 g/mol. The Morgan fingerprint density at radius 1 is 1.19 bits per heavy atom. The lowest BCUT2D eigenvalue weighted by molar-refractivity contribution is -0.120. The van der Waals surface area contributed by atoms with Crippen LogP contribution < -0.4 is 24.4 Å². The molecule has 0 aromatic heterocycles. The summed E-state index contributed by atoms with van der Waals surface area (Å²) in [6, 6.07) is 9.97. The number of rotatable bonds is 5. The number of ether oxygens (including phenoxy) is 3. The van der Waals surface area contributed by atoms with E-state index in [-0.39, 0.29) is 25.2 Å². The summed E-state index contributed by atoms with van der Waals surface area (Å²) < 4.78 is 15.6. The highest BCUT2D eigenvalue weighted by atomic mass is 35.5. The van der Waals surface area contributed by atoms with Crippen molar-refractivity contribution in [2.24, 2.45) is 0 Å². The predicted octanol–water partition coefficient (Wildman–Crippen LogP) is 3.07. The van der Waals surface area contributed by atoms with Crippen LogP contribution in [0.5, 0.6) is 17.2 Å². The Bertz CT molecular complexity index is 855. The zero-order valence-corrected chi connectivity index (χ0v) is 15.0. The van der Waals surface area contributed by atoms with Gasteiger partial charge in [0.15, 0.2) is 11.5 Å². The molecule has 0 aliphatic carbocycles. The van der Waals surface area contributed by atoms with Crippen LogP contribution in [0, 0.1) is 0 Å². The van der Waals surface area contributed by atoms with Crippen LogP contribution >= 0.6 is 11.6 Å². The molecule has 1 N–H and O–H groups in total. The van der Waals surface area contributed by atoms with Gasteiger partial charge in [-0.25, -0.2) is 0 Å². The van der Waals surface area contributed by atoms with Gasteiger partial charge < -0.3 is 24.4 Å². The van der Waals surface area contributed by atoms with E-state index in [9.17, 15) is 9.59 Å². The minimum atomic E-state index is -0.356. The second-order valence-corrected chi connectivity index (χ2v) is 5.95. The number of halogens is 1. The minimum absolute atomic E-state index is 0.156. The van der Waals surface area contributed by atoms with Gasteiger partial charge in [0.2, 0.25) is 18.6 Å². The third kappa shape index (κ3) is 3.83. The Labute approximate surface area is 155 Å². The van der Waals surface area contributed by atoms with Gasteiger partial charge in [0.1, 0.15) is 12.3 Å². The van der Waals surface area contributed by atoms with E-state index in [0.717, 1.165) is 0 Å². The Kier molecular flexibility index (Phi) is 5.18. The van der Waals surface area contributed by atoms with Crippen LogP contribution in [0.3, 0.4) is 0 Å². The number of benzene rings is 2. The Morgan fingerprint density at radius 2 is 1.96 bits per heavy atom. The SMILES string of the molecule is COc1ccc(N(CC(=O)Nc2ccc3c(c2)OCO3)C(C)=O)cc1Cl. The molecule has 3 rings (SSSR count). The Balaban J connectivity index is 1.72. The normalized spacial score (nSPS) is 11.8. The molecule has 0 bridgehead atoms. The summed E-state index contributed by atoms with van der Waals surface area (Å²) >= 11 is 6.11. The van der Waals surface area contributed by atoms with Gasteiger partial charge in [-0.05, 0) is 30.3 Å². The first-order chi connectivity index (χ1) is 12.5. The molecule has 0 radical (unpaired) electrons.